The summed E-state index contributed by atoms with van der Waals surface area (Å²) in [5, 5.41) is 3.16. The fourth-order valence-corrected chi connectivity index (χ4v) is 5.43. The second-order valence-electron chi connectivity index (χ2n) is 8.06. The molecule has 0 aliphatic carbocycles. The highest BCUT2D eigenvalue weighted by Crippen LogP contribution is 2.33. The number of sulfonamides is 1. The maximum absolute atomic E-state index is 13.8. The summed E-state index contributed by atoms with van der Waals surface area (Å²) in [6.07, 6.45) is 0. The van der Waals surface area contributed by atoms with Gasteiger partial charge in [-0.1, -0.05) is 29.8 Å². The van der Waals surface area contributed by atoms with Gasteiger partial charge in [0.2, 0.25) is 12.7 Å². The molecule has 0 aromatic heterocycles. The molecule has 0 bridgehead atoms. The SMILES string of the molecule is COc1ccc(C)cc1S(=O)(=O)N(CC(=O)NCc1ccc2c(c1)OCO2)c1ccc(C)c(Cl)c1. The molecule has 0 atom stereocenters. The summed E-state index contributed by atoms with van der Waals surface area (Å²) >= 11 is 6.29. The number of amides is 1. The lowest BCUT2D eigenvalue weighted by Gasteiger charge is -2.25. The van der Waals surface area contributed by atoms with E-state index in [1.54, 1.807) is 49.4 Å². The number of fused-ring (bicyclic) bond motifs is 1. The molecule has 1 amide bonds. The van der Waals surface area contributed by atoms with Gasteiger partial charge in [-0.05, 0) is 66.9 Å². The van der Waals surface area contributed by atoms with E-state index in [0.29, 0.717) is 16.5 Å². The molecule has 3 aromatic rings. The fraction of sp³-hybridized carbons (Fsp3) is 0.240. The monoisotopic (exact) mass is 516 g/mol. The smallest absolute Gasteiger partial charge is 0.268 e. The molecule has 10 heteroatoms. The van der Waals surface area contributed by atoms with Crippen molar-refractivity contribution in [2.45, 2.75) is 25.3 Å². The van der Waals surface area contributed by atoms with Crippen LogP contribution in [0.5, 0.6) is 17.2 Å². The minimum Gasteiger partial charge on any atom is -0.495 e. The van der Waals surface area contributed by atoms with E-state index >= 15 is 0 Å². The van der Waals surface area contributed by atoms with Gasteiger partial charge < -0.3 is 19.5 Å². The van der Waals surface area contributed by atoms with Gasteiger partial charge in [0.1, 0.15) is 17.2 Å². The average molecular weight is 517 g/mol. The highest BCUT2D eigenvalue weighted by molar-refractivity contribution is 7.93. The summed E-state index contributed by atoms with van der Waals surface area (Å²) in [6.45, 7) is 3.48. The molecule has 0 radical (unpaired) electrons. The number of carbonyl (C=O) groups is 1. The van der Waals surface area contributed by atoms with Gasteiger partial charge in [-0.3, -0.25) is 9.10 Å². The molecule has 3 aromatic carbocycles. The minimum absolute atomic E-state index is 0.0414. The lowest BCUT2D eigenvalue weighted by molar-refractivity contribution is -0.119. The van der Waals surface area contributed by atoms with Gasteiger partial charge in [-0.15, -0.1) is 0 Å². The number of aryl methyl sites for hydroxylation is 2. The Morgan fingerprint density at radius 3 is 2.57 bits per heavy atom. The Morgan fingerprint density at radius 1 is 1.06 bits per heavy atom. The molecule has 0 saturated heterocycles. The molecule has 0 fully saturated rings. The zero-order valence-corrected chi connectivity index (χ0v) is 21.1. The van der Waals surface area contributed by atoms with Gasteiger partial charge in [0.25, 0.3) is 10.0 Å². The van der Waals surface area contributed by atoms with Crippen molar-refractivity contribution in [1.29, 1.82) is 0 Å². The molecule has 0 unspecified atom stereocenters. The van der Waals surface area contributed by atoms with E-state index in [-0.39, 0.29) is 29.7 Å². The lowest BCUT2D eigenvalue weighted by atomic mass is 10.2. The van der Waals surface area contributed by atoms with Crippen molar-refractivity contribution in [3.8, 4) is 17.2 Å². The second kappa shape index (κ2) is 10.1. The van der Waals surface area contributed by atoms with E-state index in [0.717, 1.165) is 21.0 Å². The summed E-state index contributed by atoms with van der Waals surface area (Å²) in [5.74, 6) is 0.927. The predicted octanol–water partition coefficient (Wildman–Crippen LogP) is 4.21. The minimum atomic E-state index is -4.18. The Bertz CT molecular complexity index is 1380. The number of ether oxygens (including phenoxy) is 3. The highest BCUT2D eigenvalue weighted by Gasteiger charge is 2.30. The van der Waals surface area contributed by atoms with E-state index in [1.807, 2.05) is 6.92 Å². The third-order valence-electron chi connectivity index (χ3n) is 5.54. The van der Waals surface area contributed by atoms with Crippen LogP contribution < -0.4 is 23.8 Å². The Kier molecular flexibility index (Phi) is 7.09. The van der Waals surface area contributed by atoms with Crippen LogP contribution in [-0.4, -0.2) is 34.8 Å². The zero-order valence-electron chi connectivity index (χ0n) is 19.5. The van der Waals surface area contributed by atoms with Gasteiger partial charge in [-0.25, -0.2) is 8.42 Å². The first-order valence-electron chi connectivity index (χ1n) is 10.8. The normalized spacial score (nSPS) is 12.3. The number of carbonyl (C=O) groups excluding carboxylic acids is 1. The molecule has 35 heavy (non-hydrogen) atoms. The third kappa shape index (κ3) is 5.31. The summed E-state index contributed by atoms with van der Waals surface area (Å²) < 4.78 is 44.6. The lowest BCUT2D eigenvalue weighted by Crippen LogP contribution is -2.40. The van der Waals surface area contributed by atoms with Gasteiger partial charge in [0.05, 0.1) is 12.8 Å². The largest absolute Gasteiger partial charge is 0.495 e. The standard InChI is InChI=1S/C25H25ClN2O6S/c1-16-4-8-22(32-3)24(10-16)35(30,31)28(19-7-5-17(2)20(26)12-19)14-25(29)27-13-18-6-9-21-23(11-18)34-15-33-21/h4-12H,13-15H2,1-3H3,(H,27,29). The van der Waals surface area contributed by atoms with Crippen LogP contribution in [0.1, 0.15) is 16.7 Å². The van der Waals surface area contributed by atoms with Gasteiger partial charge in [0.15, 0.2) is 11.5 Å². The van der Waals surface area contributed by atoms with Crippen molar-refractivity contribution < 1.29 is 27.4 Å². The molecule has 4 rings (SSSR count). The zero-order chi connectivity index (χ0) is 25.2. The number of benzene rings is 3. The molecule has 1 aliphatic heterocycles. The van der Waals surface area contributed by atoms with Crippen molar-refractivity contribution in [3.05, 3.63) is 76.3 Å². The van der Waals surface area contributed by atoms with Crippen LogP contribution in [0.3, 0.4) is 0 Å². The van der Waals surface area contributed by atoms with Gasteiger partial charge in [-0.2, -0.15) is 0 Å². The Labute approximate surface area is 209 Å². The van der Waals surface area contributed by atoms with Crippen molar-refractivity contribution in [2.75, 3.05) is 24.8 Å². The Morgan fingerprint density at radius 2 is 1.83 bits per heavy atom. The number of rotatable bonds is 8. The Hall–Kier alpha value is -3.43. The molecule has 1 N–H and O–H groups in total. The molecule has 184 valence electrons. The molecule has 0 saturated carbocycles. The number of hydrogen-bond donors (Lipinski definition) is 1. The van der Waals surface area contributed by atoms with Crippen molar-refractivity contribution in [3.63, 3.8) is 0 Å². The maximum atomic E-state index is 13.8. The predicted molar refractivity (Wildman–Crippen MR) is 133 cm³/mol. The molecular formula is C25H25ClN2O6S. The molecule has 1 aliphatic rings. The average Bonchev–Trinajstić information content (AvgIpc) is 3.31. The van der Waals surface area contributed by atoms with Crippen molar-refractivity contribution in [1.82, 2.24) is 5.32 Å². The van der Waals surface area contributed by atoms with Crippen LogP contribution in [-0.2, 0) is 21.4 Å². The highest BCUT2D eigenvalue weighted by atomic mass is 35.5. The maximum Gasteiger partial charge on any atom is 0.268 e. The quantitative estimate of drug-likeness (QED) is 0.482. The Balaban J connectivity index is 1.62. The van der Waals surface area contributed by atoms with Crippen LogP contribution in [0.15, 0.2) is 59.5 Å². The van der Waals surface area contributed by atoms with Crippen LogP contribution in [0, 0.1) is 13.8 Å². The molecular weight excluding hydrogens is 492 g/mol. The molecule has 0 spiro atoms. The van der Waals surface area contributed by atoms with E-state index in [1.165, 1.54) is 19.2 Å². The van der Waals surface area contributed by atoms with E-state index in [9.17, 15) is 13.2 Å². The van der Waals surface area contributed by atoms with E-state index in [2.05, 4.69) is 5.32 Å². The van der Waals surface area contributed by atoms with E-state index < -0.39 is 22.5 Å². The summed E-state index contributed by atoms with van der Waals surface area (Å²) in [4.78, 5) is 12.9. The van der Waals surface area contributed by atoms with Crippen molar-refractivity contribution in [2.24, 2.45) is 0 Å². The summed E-state index contributed by atoms with van der Waals surface area (Å²) in [6, 6.07) is 15.0. The first-order valence-corrected chi connectivity index (χ1v) is 12.6. The van der Waals surface area contributed by atoms with Crippen LogP contribution in [0.2, 0.25) is 5.02 Å². The summed E-state index contributed by atoms with van der Waals surface area (Å²) in [5.41, 5.74) is 2.57. The van der Waals surface area contributed by atoms with Crippen LogP contribution in [0.4, 0.5) is 5.69 Å². The number of nitrogens with zero attached hydrogens (tertiary/aromatic N) is 1. The number of anilines is 1. The number of methoxy groups -OCH3 is 1. The van der Waals surface area contributed by atoms with Gasteiger partial charge in [0, 0.05) is 11.6 Å². The van der Waals surface area contributed by atoms with Crippen molar-refractivity contribution >= 4 is 33.2 Å². The first kappa shape index (κ1) is 24.7. The first-order chi connectivity index (χ1) is 16.7. The number of nitrogens with one attached hydrogen (secondary N) is 1. The summed E-state index contributed by atoms with van der Waals surface area (Å²) in [7, 11) is -2.79. The number of hydrogen-bond acceptors (Lipinski definition) is 6. The number of halogens is 1. The van der Waals surface area contributed by atoms with E-state index in [4.69, 9.17) is 25.8 Å². The van der Waals surface area contributed by atoms with Crippen LogP contribution in [0.25, 0.3) is 0 Å². The second-order valence-corrected chi connectivity index (χ2v) is 10.3. The molecule has 1 heterocycles. The topological polar surface area (TPSA) is 94.2 Å². The van der Waals surface area contributed by atoms with Gasteiger partial charge >= 0.3 is 0 Å². The molecule has 8 nitrogen and oxygen atoms in total. The fourth-order valence-electron chi connectivity index (χ4n) is 3.59. The third-order valence-corrected chi connectivity index (χ3v) is 7.75. The van der Waals surface area contributed by atoms with Crippen LogP contribution >= 0.6 is 11.6 Å².